The maximum Gasteiger partial charge on any atom is 0.416 e. The first-order chi connectivity index (χ1) is 14.5. The lowest BCUT2D eigenvalue weighted by Crippen LogP contribution is -2.05. The Labute approximate surface area is 169 Å². The van der Waals surface area contributed by atoms with E-state index in [1.165, 1.54) is 6.07 Å². The van der Waals surface area contributed by atoms with Gasteiger partial charge in [0.05, 0.1) is 5.56 Å². The van der Waals surface area contributed by atoms with Crippen molar-refractivity contribution in [2.45, 2.75) is 6.18 Å². The number of aromatic amines is 1. The standard InChI is InChI=1S/C22H13F3N4O/c23-22(24,25)15-8-11-18(19(12-15)21-20(13-26)27-29-28-21)14-6-9-17(10-7-14)30-16-4-2-1-3-5-16/h1-12H,(H,27,28,29). The van der Waals surface area contributed by atoms with E-state index >= 15 is 0 Å². The number of benzene rings is 3. The minimum atomic E-state index is -4.53. The van der Waals surface area contributed by atoms with Crippen LogP contribution in [-0.4, -0.2) is 15.4 Å². The summed E-state index contributed by atoms with van der Waals surface area (Å²) >= 11 is 0. The average Bonchev–Trinajstić information content (AvgIpc) is 3.23. The lowest BCUT2D eigenvalue weighted by Gasteiger charge is -2.13. The molecule has 30 heavy (non-hydrogen) atoms. The van der Waals surface area contributed by atoms with Crippen molar-refractivity contribution in [2.24, 2.45) is 0 Å². The van der Waals surface area contributed by atoms with Crippen molar-refractivity contribution in [3.05, 3.63) is 84.1 Å². The van der Waals surface area contributed by atoms with Gasteiger partial charge in [-0.25, -0.2) is 5.10 Å². The highest BCUT2D eigenvalue weighted by atomic mass is 19.4. The number of nitrogens with zero attached hydrogens (tertiary/aromatic N) is 3. The van der Waals surface area contributed by atoms with Crippen LogP contribution < -0.4 is 4.74 Å². The van der Waals surface area contributed by atoms with Crippen molar-refractivity contribution in [1.82, 2.24) is 15.4 Å². The molecule has 1 aromatic heterocycles. The van der Waals surface area contributed by atoms with E-state index < -0.39 is 11.7 Å². The normalized spacial score (nSPS) is 11.1. The number of hydrogen-bond donors (Lipinski definition) is 1. The van der Waals surface area contributed by atoms with Crippen molar-refractivity contribution in [3.63, 3.8) is 0 Å². The van der Waals surface area contributed by atoms with Crippen LogP contribution in [0.4, 0.5) is 13.2 Å². The van der Waals surface area contributed by atoms with Crippen LogP contribution >= 0.6 is 0 Å². The molecule has 5 nitrogen and oxygen atoms in total. The van der Waals surface area contributed by atoms with Crippen molar-refractivity contribution in [2.75, 3.05) is 0 Å². The Kier molecular flexibility index (Phi) is 4.94. The van der Waals surface area contributed by atoms with Gasteiger partial charge in [0, 0.05) is 5.56 Å². The third kappa shape index (κ3) is 3.86. The molecule has 148 valence electrons. The van der Waals surface area contributed by atoms with Crippen LogP contribution in [0.3, 0.4) is 0 Å². The first-order valence-electron chi connectivity index (χ1n) is 8.82. The minimum Gasteiger partial charge on any atom is -0.457 e. The Morgan fingerprint density at radius 1 is 0.867 bits per heavy atom. The topological polar surface area (TPSA) is 74.6 Å². The van der Waals surface area contributed by atoms with E-state index in [2.05, 4.69) is 15.4 Å². The molecule has 0 bridgehead atoms. The van der Waals surface area contributed by atoms with E-state index in [0.29, 0.717) is 22.6 Å². The SMILES string of the molecule is N#Cc1[nH]nnc1-c1cc(C(F)(F)F)ccc1-c1ccc(Oc2ccccc2)cc1. The second kappa shape index (κ2) is 7.72. The van der Waals surface area contributed by atoms with Crippen LogP contribution in [0.1, 0.15) is 11.3 Å². The zero-order valence-electron chi connectivity index (χ0n) is 15.3. The van der Waals surface area contributed by atoms with Crippen molar-refractivity contribution in [1.29, 1.82) is 5.26 Å². The number of halogens is 3. The fourth-order valence-electron chi connectivity index (χ4n) is 2.99. The van der Waals surface area contributed by atoms with Crippen molar-refractivity contribution < 1.29 is 17.9 Å². The van der Waals surface area contributed by atoms with Crippen molar-refractivity contribution in [3.8, 4) is 40.0 Å². The molecule has 0 aliphatic carbocycles. The highest BCUT2D eigenvalue weighted by Crippen LogP contribution is 2.38. The molecule has 0 radical (unpaired) electrons. The zero-order valence-corrected chi connectivity index (χ0v) is 15.3. The van der Waals surface area contributed by atoms with Gasteiger partial charge in [0.15, 0.2) is 5.69 Å². The van der Waals surface area contributed by atoms with E-state index in [9.17, 15) is 18.4 Å². The van der Waals surface area contributed by atoms with Gasteiger partial charge in [-0.15, -0.1) is 5.10 Å². The summed E-state index contributed by atoms with van der Waals surface area (Å²) in [6.07, 6.45) is -4.53. The predicted octanol–water partition coefficient (Wildman–Crippen LogP) is 5.82. The lowest BCUT2D eigenvalue weighted by atomic mass is 9.94. The summed E-state index contributed by atoms with van der Waals surface area (Å²) < 4.78 is 45.5. The van der Waals surface area contributed by atoms with E-state index in [1.807, 2.05) is 36.4 Å². The van der Waals surface area contributed by atoms with Gasteiger partial charge in [-0.3, -0.25) is 0 Å². The van der Waals surface area contributed by atoms with E-state index in [0.717, 1.165) is 12.1 Å². The molecule has 8 heteroatoms. The summed E-state index contributed by atoms with van der Waals surface area (Å²) in [6, 6.07) is 21.3. The van der Waals surface area contributed by atoms with Crippen LogP contribution in [0.2, 0.25) is 0 Å². The maximum absolute atomic E-state index is 13.3. The van der Waals surface area contributed by atoms with Gasteiger partial charge in [0.2, 0.25) is 0 Å². The van der Waals surface area contributed by atoms with Gasteiger partial charge < -0.3 is 4.74 Å². The molecule has 1 heterocycles. The number of rotatable bonds is 4. The number of hydrogen-bond acceptors (Lipinski definition) is 4. The Bertz CT molecular complexity index is 1210. The third-order valence-electron chi connectivity index (χ3n) is 4.41. The molecular formula is C22H13F3N4O. The molecule has 0 atom stereocenters. The number of nitriles is 1. The summed E-state index contributed by atoms with van der Waals surface area (Å²) in [5, 5.41) is 19.0. The molecular weight excluding hydrogens is 393 g/mol. The van der Waals surface area contributed by atoms with Gasteiger partial charge in [0.1, 0.15) is 23.3 Å². The molecule has 0 saturated carbocycles. The van der Waals surface area contributed by atoms with Crippen LogP contribution in [-0.2, 0) is 6.18 Å². The van der Waals surface area contributed by atoms with Crippen LogP contribution in [0, 0.1) is 11.3 Å². The summed E-state index contributed by atoms with van der Waals surface area (Å²) in [4.78, 5) is 0. The van der Waals surface area contributed by atoms with Crippen LogP contribution in [0.5, 0.6) is 11.5 Å². The average molecular weight is 406 g/mol. The van der Waals surface area contributed by atoms with Gasteiger partial charge in [-0.05, 0) is 47.5 Å². The van der Waals surface area contributed by atoms with Crippen molar-refractivity contribution >= 4 is 0 Å². The Morgan fingerprint density at radius 3 is 2.23 bits per heavy atom. The molecule has 3 aromatic carbocycles. The molecule has 1 N–H and O–H groups in total. The second-order valence-corrected chi connectivity index (χ2v) is 6.34. The molecule has 0 aliphatic rings. The minimum absolute atomic E-state index is 0.0143. The fourth-order valence-corrected chi connectivity index (χ4v) is 2.99. The summed E-state index contributed by atoms with van der Waals surface area (Å²) in [6.45, 7) is 0. The second-order valence-electron chi connectivity index (χ2n) is 6.34. The maximum atomic E-state index is 13.3. The van der Waals surface area contributed by atoms with E-state index in [4.69, 9.17) is 4.74 Å². The summed E-state index contributed by atoms with van der Waals surface area (Å²) in [5.74, 6) is 1.25. The fraction of sp³-hybridized carbons (Fsp3) is 0.0455. The molecule has 4 aromatic rings. The third-order valence-corrected chi connectivity index (χ3v) is 4.41. The van der Waals surface area contributed by atoms with Gasteiger partial charge in [-0.1, -0.05) is 41.6 Å². The molecule has 0 unspecified atom stereocenters. The predicted molar refractivity (Wildman–Crippen MR) is 103 cm³/mol. The largest absolute Gasteiger partial charge is 0.457 e. The molecule has 0 saturated heterocycles. The Morgan fingerprint density at radius 2 is 1.57 bits per heavy atom. The van der Waals surface area contributed by atoms with Gasteiger partial charge in [-0.2, -0.15) is 18.4 Å². The monoisotopic (exact) mass is 406 g/mol. The lowest BCUT2D eigenvalue weighted by molar-refractivity contribution is -0.137. The quantitative estimate of drug-likeness (QED) is 0.463. The summed E-state index contributed by atoms with van der Waals surface area (Å²) in [7, 11) is 0. The number of nitrogens with one attached hydrogen (secondary N) is 1. The highest BCUT2D eigenvalue weighted by molar-refractivity contribution is 5.84. The zero-order chi connectivity index (χ0) is 21.1. The number of para-hydroxylation sites is 1. The first kappa shape index (κ1) is 19.2. The highest BCUT2D eigenvalue weighted by Gasteiger charge is 2.32. The Hall–Kier alpha value is -4.12. The van der Waals surface area contributed by atoms with Gasteiger partial charge in [0.25, 0.3) is 0 Å². The van der Waals surface area contributed by atoms with E-state index in [-0.39, 0.29) is 17.0 Å². The molecule has 0 amide bonds. The number of H-pyrrole nitrogens is 1. The number of ether oxygens (including phenoxy) is 1. The Balaban J connectivity index is 1.76. The van der Waals surface area contributed by atoms with E-state index in [1.54, 1.807) is 24.3 Å². The number of alkyl halides is 3. The molecule has 0 spiro atoms. The summed E-state index contributed by atoms with van der Waals surface area (Å²) in [5.41, 5.74) is 0.498. The molecule has 4 rings (SSSR count). The number of aromatic nitrogens is 3. The smallest absolute Gasteiger partial charge is 0.416 e. The molecule has 0 aliphatic heterocycles. The molecule has 0 fully saturated rings. The first-order valence-corrected chi connectivity index (χ1v) is 8.82. The van der Waals surface area contributed by atoms with Crippen LogP contribution in [0.25, 0.3) is 22.4 Å². The van der Waals surface area contributed by atoms with Gasteiger partial charge >= 0.3 is 6.18 Å². The van der Waals surface area contributed by atoms with Crippen LogP contribution in [0.15, 0.2) is 72.8 Å².